The van der Waals surface area contributed by atoms with Gasteiger partial charge in [-0.2, -0.15) is 0 Å². The first-order valence-corrected chi connectivity index (χ1v) is 5.68. The standard InChI is InChI=1S/C11H15N5O4/c1-16(11-13-3-2-4-14-11)6-9(18)15-7(10(19)20)5-8(12)17/h2-4,7H,5-6H2,1H3,(H2,12,17)(H,15,18)(H,19,20)/t7-/m0/s1. The minimum Gasteiger partial charge on any atom is -0.480 e. The molecule has 1 aromatic rings. The van der Waals surface area contributed by atoms with Gasteiger partial charge in [-0.05, 0) is 6.07 Å². The number of nitrogens with two attached hydrogens (primary N) is 1. The Hall–Kier alpha value is -2.71. The molecule has 0 saturated heterocycles. The molecule has 0 aromatic carbocycles. The normalized spacial score (nSPS) is 11.4. The molecule has 4 N–H and O–H groups in total. The van der Waals surface area contributed by atoms with Crippen LogP contribution in [0.4, 0.5) is 5.95 Å². The average Bonchev–Trinajstić information content (AvgIpc) is 2.38. The van der Waals surface area contributed by atoms with E-state index in [-0.39, 0.29) is 6.54 Å². The van der Waals surface area contributed by atoms with Crippen molar-refractivity contribution in [3.05, 3.63) is 18.5 Å². The number of hydrogen-bond acceptors (Lipinski definition) is 6. The molecule has 0 aliphatic rings. The molecule has 1 atom stereocenters. The summed E-state index contributed by atoms with van der Waals surface area (Å²) in [5, 5.41) is 11.1. The number of primary amides is 1. The van der Waals surface area contributed by atoms with Gasteiger partial charge < -0.3 is 21.1 Å². The number of nitrogens with zero attached hydrogens (tertiary/aromatic N) is 3. The molecule has 1 rings (SSSR count). The van der Waals surface area contributed by atoms with Crippen molar-refractivity contribution in [1.29, 1.82) is 0 Å². The Morgan fingerprint density at radius 1 is 1.40 bits per heavy atom. The molecule has 0 aliphatic heterocycles. The monoisotopic (exact) mass is 281 g/mol. The Kier molecular flexibility index (Phi) is 5.39. The third-order valence-electron chi connectivity index (χ3n) is 2.31. The lowest BCUT2D eigenvalue weighted by atomic mass is 10.2. The highest BCUT2D eigenvalue weighted by molar-refractivity contribution is 5.89. The molecule has 20 heavy (non-hydrogen) atoms. The molecular weight excluding hydrogens is 266 g/mol. The molecule has 108 valence electrons. The van der Waals surface area contributed by atoms with E-state index in [0.29, 0.717) is 5.95 Å². The lowest BCUT2D eigenvalue weighted by Gasteiger charge is -2.18. The van der Waals surface area contributed by atoms with E-state index in [2.05, 4.69) is 15.3 Å². The van der Waals surface area contributed by atoms with E-state index < -0.39 is 30.2 Å². The lowest BCUT2D eigenvalue weighted by molar-refractivity contribution is -0.143. The highest BCUT2D eigenvalue weighted by atomic mass is 16.4. The minimum absolute atomic E-state index is 0.146. The van der Waals surface area contributed by atoms with Crippen molar-refractivity contribution in [2.24, 2.45) is 5.73 Å². The van der Waals surface area contributed by atoms with Crippen molar-refractivity contribution in [1.82, 2.24) is 15.3 Å². The first-order chi connectivity index (χ1) is 9.40. The number of anilines is 1. The smallest absolute Gasteiger partial charge is 0.326 e. The SMILES string of the molecule is CN(CC(=O)N[C@@H](CC(N)=O)C(=O)O)c1ncccn1. The van der Waals surface area contributed by atoms with Crippen molar-refractivity contribution in [2.45, 2.75) is 12.5 Å². The molecule has 0 unspecified atom stereocenters. The van der Waals surface area contributed by atoms with E-state index >= 15 is 0 Å². The van der Waals surface area contributed by atoms with Crippen LogP contribution in [0.2, 0.25) is 0 Å². The molecule has 0 spiro atoms. The summed E-state index contributed by atoms with van der Waals surface area (Å²) in [6.07, 6.45) is 2.57. The van der Waals surface area contributed by atoms with Crippen molar-refractivity contribution in [2.75, 3.05) is 18.5 Å². The number of likely N-dealkylation sites (N-methyl/N-ethyl adjacent to an activating group) is 1. The summed E-state index contributed by atoms with van der Waals surface area (Å²) in [7, 11) is 1.58. The molecule has 0 bridgehead atoms. The number of nitrogens with one attached hydrogen (secondary N) is 1. The number of carboxylic acid groups (broad SMARTS) is 1. The molecule has 0 aliphatic carbocycles. The van der Waals surface area contributed by atoms with Gasteiger partial charge in [-0.3, -0.25) is 9.59 Å². The van der Waals surface area contributed by atoms with E-state index in [4.69, 9.17) is 10.8 Å². The fourth-order valence-electron chi connectivity index (χ4n) is 1.42. The van der Waals surface area contributed by atoms with Crippen molar-refractivity contribution in [3.63, 3.8) is 0 Å². The first kappa shape index (κ1) is 15.3. The molecule has 0 radical (unpaired) electrons. The molecule has 2 amide bonds. The van der Waals surface area contributed by atoms with Crippen LogP contribution in [0.3, 0.4) is 0 Å². The topological polar surface area (TPSA) is 139 Å². The zero-order valence-electron chi connectivity index (χ0n) is 10.8. The number of carbonyl (C=O) groups excluding carboxylic acids is 2. The molecule has 0 fully saturated rings. The molecule has 1 heterocycles. The van der Waals surface area contributed by atoms with Gasteiger partial charge in [-0.15, -0.1) is 0 Å². The summed E-state index contributed by atoms with van der Waals surface area (Å²) in [6, 6.07) is 0.287. The third-order valence-corrected chi connectivity index (χ3v) is 2.31. The van der Waals surface area contributed by atoms with Crippen LogP contribution in [0.1, 0.15) is 6.42 Å². The van der Waals surface area contributed by atoms with Gasteiger partial charge in [0, 0.05) is 19.4 Å². The number of aliphatic carboxylic acids is 1. The minimum atomic E-state index is -1.34. The fraction of sp³-hybridized carbons (Fsp3) is 0.364. The molecular formula is C11H15N5O4. The maximum absolute atomic E-state index is 11.7. The van der Waals surface area contributed by atoms with E-state index in [9.17, 15) is 14.4 Å². The molecule has 9 nitrogen and oxygen atoms in total. The number of carboxylic acids is 1. The van der Waals surface area contributed by atoms with Crippen LogP contribution >= 0.6 is 0 Å². The summed E-state index contributed by atoms with van der Waals surface area (Å²) < 4.78 is 0. The highest BCUT2D eigenvalue weighted by Crippen LogP contribution is 2.01. The number of rotatable bonds is 7. The predicted octanol–water partition coefficient (Wildman–Crippen LogP) is -1.64. The Balaban J connectivity index is 2.57. The van der Waals surface area contributed by atoms with Crippen LogP contribution in [0, 0.1) is 0 Å². The second-order valence-electron chi connectivity index (χ2n) is 4.03. The van der Waals surface area contributed by atoms with Crippen LogP contribution in [0.5, 0.6) is 0 Å². The van der Waals surface area contributed by atoms with Gasteiger partial charge in [0.1, 0.15) is 6.04 Å². The van der Waals surface area contributed by atoms with Gasteiger partial charge in [0.15, 0.2) is 0 Å². The largest absolute Gasteiger partial charge is 0.480 e. The first-order valence-electron chi connectivity index (χ1n) is 5.68. The molecule has 0 saturated carbocycles. The maximum Gasteiger partial charge on any atom is 0.326 e. The van der Waals surface area contributed by atoms with Gasteiger partial charge in [0.05, 0.1) is 13.0 Å². The van der Waals surface area contributed by atoms with Gasteiger partial charge in [0.2, 0.25) is 17.8 Å². The summed E-state index contributed by atoms with van der Waals surface area (Å²) in [5.41, 5.74) is 4.92. The van der Waals surface area contributed by atoms with Crippen LogP contribution in [-0.4, -0.2) is 52.5 Å². The zero-order valence-corrected chi connectivity index (χ0v) is 10.8. The van der Waals surface area contributed by atoms with Gasteiger partial charge in [-0.25, -0.2) is 14.8 Å². The van der Waals surface area contributed by atoms with E-state index in [1.807, 2.05) is 0 Å². The van der Waals surface area contributed by atoms with E-state index in [1.165, 1.54) is 17.3 Å². The van der Waals surface area contributed by atoms with Crippen LogP contribution in [-0.2, 0) is 14.4 Å². The average molecular weight is 281 g/mol. The molecule has 1 aromatic heterocycles. The number of hydrogen-bond donors (Lipinski definition) is 3. The van der Waals surface area contributed by atoms with Crippen molar-refractivity contribution < 1.29 is 19.5 Å². The Bertz CT molecular complexity index is 493. The number of carbonyl (C=O) groups is 3. The van der Waals surface area contributed by atoms with Crippen LogP contribution in [0.15, 0.2) is 18.5 Å². The van der Waals surface area contributed by atoms with E-state index in [0.717, 1.165) is 0 Å². The summed E-state index contributed by atoms with van der Waals surface area (Å²) in [4.78, 5) is 42.6. The van der Waals surface area contributed by atoms with Crippen molar-refractivity contribution >= 4 is 23.7 Å². The van der Waals surface area contributed by atoms with E-state index in [1.54, 1.807) is 13.1 Å². The lowest BCUT2D eigenvalue weighted by Crippen LogP contribution is -2.46. The summed E-state index contributed by atoms with van der Waals surface area (Å²) in [5.74, 6) is -2.38. The second kappa shape index (κ2) is 7.02. The zero-order chi connectivity index (χ0) is 15.1. The Morgan fingerprint density at radius 2 is 2.00 bits per heavy atom. The third kappa shape index (κ3) is 4.88. The van der Waals surface area contributed by atoms with Crippen LogP contribution < -0.4 is 16.0 Å². The van der Waals surface area contributed by atoms with Gasteiger partial charge in [0.25, 0.3) is 0 Å². The van der Waals surface area contributed by atoms with Crippen LogP contribution in [0.25, 0.3) is 0 Å². The molecule has 9 heteroatoms. The predicted molar refractivity (Wildman–Crippen MR) is 68.7 cm³/mol. The van der Waals surface area contributed by atoms with Crippen molar-refractivity contribution in [3.8, 4) is 0 Å². The van der Waals surface area contributed by atoms with Gasteiger partial charge in [-0.1, -0.05) is 0 Å². The van der Waals surface area contributed by atoms with Gasteiger partial charge >= 0.3 is 5.97 Å². The number of aromatic nitrogens is 2. The number of amides is 2. The second-order valence-corrected chi connectivity index (χ2v) is 4.03. The Morgan fingerprint density at radius 3 is 2.50 bits per heavy atom. The highest BCUT2D eigenvalue weighted by Gasteiger charge is 2.22. The fourth-order valence-corrected chi connectivity index (χ4v) is 1.42. The quantitative estimate of drug-likeness (QED) is 0.544. The Labute approximate surface area is 114 Å². The maximum atomic E-state index is 11.7. The summed E-state index contributed by atoms with van der Waals surface area (Å²) in [6.45, 7) is -0.146. The summed E-state index contributed by atoms with van der Waals surface area (Å²) >= 11 is 0.